The molecule has 0 saturated heterocycles. The second-order valence-electron chi connectivity index (χ2n) is 4.09. The van der Waals surface area contributed by atoms with E-state index in [0.717, 1.165) is 22.6 Å². The summed E-state index contributed by atoms with van der Waals surface area (Å²) in [6, 6.07) is 14.4. The van der Waals surface area contributed by atoms with Crippen molar-refractivity contribution in [1.82, 2.24) is 5.32 Å². The van der Waals surface area contributed by atoms with E-state index in [2.05, 4.69) is 58.5 Å². The number of benzene rings is 2. The van der Waals surface area contributed by atoms with E-state index < -0.39 is 0 Å². The summed E-state index contributed by atoms with van der Waals surface area (Å²) in [5, 5.41) is 4.13. The maximum Gasteiger partial charge on any atom is 0.0417 e. The molecule has 0 atom stereocenters. The van der Waals surface area contributed by atoms with Gasteiger partial charge in [0.1, 0.15) is 0 Å². The van der Waals surface area contributed by atoms with Crippen molar-refractivity contribution in [1.29, 1.82) is 0 Å². The molecule has 0 spiro atoms. The van der Waals surface area contributed by atoms with Crippen molar-refractivity contribution in [2.24, 2.45) is 0 Å². The lowest BCUT2D eigenvalue weighted by atomic mass is 10.2. The SMILES string of the molecule is CCNCc1ccc(Cl)cc1Sc1ccc(Br)cc1. The van der Waals surface area contributed by atoms with Gasteiger partial charge in [0.05, 0.1) is 0 Å². The first-order valence-electron chi connectivity index (χ1n) is 6.11. The molecule has 1 N–H and O–H groups in total. The van der Waals surface area contributed by atoms with E-state index in [4.69, 9.17) is 11.6 Å². The van der Waals surface area contributed by atoms with Crippen molar-refractivity contribution in [3.63, 3.8) is 0 Å². The fourth-order valence-corrected chi connectivity index (χ4v) is 3.14. The van der Waals surface area contributed by atoms with Crippen LogP contribution >= 0.6 is 39.3 Å². The zero-order valence-electron chi connectivity index (χ0n) is 10.6. The molecule has 0 saturated carbocycles. The van der Waals surface area contributed by atoms with Gasteiger partial charge in [-0.3, -0.25) is 0 Å². The summed E-state index contributed by atoms with van der Waals surface area (Å²) >= 11 is 11.3. The summed E-state index contributed by atoms with van der Waals surface area (Å²) in [6.45, 7) is 3.94. The average molecular weight is 357 g/mol. The molecule has 19 heavy (non-hydrogen) atoms. The first kappa shape index (κ1) is 14.9. The van der Waals surface area contributed by atoms with Crippen molar-refractivity contribution >= 4 is 39.3 Å². The second kappa shape index (κ2) is 7.34. The molecular weight excluding hydrogens is 342 g/mol. The largest absolute Gasteiger partial charge is 0.313 e. The highest BCUT2D eigenvalue weighted by Gasteiger charge is 2.05. The number of nitrogens with one attached hydrogen (secondary N) is 1. The highest BCUT2D eigenvalue weighted by Crippen LogP contribution is 2.33. The molecule has 0 amide bonds. The summed E-state index contributed by atoms with van der Waals surface area (Å²) in [5.41, 5.74) is 1.28. The van der Waals surface area contributed by atoms with Crippen molar-refractivity contribution in [2.45, 2.75) is 23.3 Å². The number of hydrogen-bond donors (Lipinski definition) is 1. The van der Waals surface area contributed by atoms with Gasteiger partial charge in [0, 0.05) is 25.8 Å². The standard InChI is InChI=1S/C15H15BrClNS/c1-2-18-10-11-3-6-13(17)9-15(11)19-14-7-4-12(16)5-8-14/h3-9,18H,2,10H2,1H3. The van der Waals surface area contributed by atoms with Crippen LogP contribution in [0.15, 0.2) is 56.7 Å². The van der Waals surface area contributed by atoms with Crippen molar-refractivity contribution in [2.75, 3.05) is 6.54 Å². The van der Waals surface area contributed by atoms with Gasteiger partial charge in [0.2, 0.25) is 0 Å². The Morgan fingerprint density at radius 1 is 1.16 bits per heavy atom. The highest BCUT2D eigenvalue weighted by atomic mass is 79.9. The molecule has 0 unspecified atom stereocenters. The molecule has 0 bridgehead atoms. The summed E-state index contributed by atoms with van der Waals surface area (Å²) < 4.78 is 1.09. The lowest BCUT2D eigenvalue weighted by Gasteiger charge is -2.10. The lowest BCUT2D eigenvalue weighted by Crippen LogP contribution is -2.12. The van der Waals surface area contributed by atoms with Crippen LogP contribution in [0.25, 0.3) is 0 Å². The van der Waals surface area contributed by atoms with Crippen molar-refractivity contribution < 1.29 is 0 Å². The minimum Gasteiger partial charge on any atom is -0.313 e. The fraction of sp³-hybridized carbons (Fsp3) is 0.200. The molecule has 2 aromatic rings. The van der Waals surface area contributed by atoms with Crippen LogP contribution in [-0.2, 0) is 6.54 Å². The number of rotatable bonds is 5. The van der Waals surface area contributed by atoms with Gasteiger partial charge >= 0.3 is 0 Å². The zero-order chi connectivity index (χ0) is 13.7. The summed E-state index contributed by atoms with van der Waals surface area (Å²) in [4.78, 5) is 2.42. The Balaban J connectivity index is 2.22. The van der Waals surface area contributed by atoms with Crippen LogP contribution in [0.2, 0.25) is 5.02 Å². The Hall–Kier alpha value is -0.480. The second-order valence-corrected chi connectivity index (χ2v) is 6.56. The predicted molar refractivity (Wildman–Crippen MR) is 87.1 cm³/mol. The van der Waals surface area contributed by atoms with Gasteiger partial charge in [-0.15, -0.1) is 0 Å². The molecule has 0 radical (unpaired) electrons. The molecule has 0 aliphatic rings. The third-order valence-corrected chi connectivity index (χ3v) is 4.51. The summed E-state index contributed by atoms with van der Waals surface area (Å²) in [6.07, 6.45) is 0. The molecule has 4 heteroatoms. The lowest BCUT2D eigenvalue weighted by molar-refractivity contribution is 0.718. The third-order valence-electron chi connectivity index (χ3n) is 2.64. The number of hydrogen-bond acceptors (Lipinski definition) is 2. The quantitative estimate of drug-likeness (QED) is 0.773. The van der Waals surface area contributed by atoms with E-state index in [-0.39, 0.29) is 0 Å². The van der Waals surface area contributed by atoms with Crippen molar-refractivity contribution in [3.8, 4) is 0 Å². The van der Waals surface area contributed by atoms with E-state index >= 15 is 0 Å². The van der Waals surface area contributed by atoms with E-state index in [0.29, 0.717) is 0 Å². The smallest absolute Gasteiger partial charge is 0.0417 e. The molecular formula is C15H15BrClNS. The van der Waals surface area contributed by atoms with Crippen molar-refractivity contribution in [3.05, 3.63) is 57.5 Å². The Bertz CT molecular complexity index is 542. The first-order chi connectivity index (χ1) is 9.19. The number of halogens is 2. The van der Waals surface area contributed by atoms with E-state index in [1.54, 1.807) is 11.8 Å². The summed E-state index contributed by atoms with van der Waals surface area (Å²) in [5.74, 6) is 0. The fourth-order valence-electron chi connectivity index (χ4n) is 1.66. The third kappa shape index (κ3) is 4.53. The predicted octanol–water partition coefficient (Wildman–Crippen LogP) is 5.36. The Morgan fingerprint density at radius 2 is 1.89 bits per heavy atom. The van der Waals surface area contributed by atoms with Crippen LogP contribution in [0.3, 0.4) is 0 Å². The molecule has 1 nitrogen and oxygen atoms in total. The van der Waals surface area contributed by atoms with Gasteiger partial charge in [-0.1, -0.05) is 52.3 Å². The van der Waals surface area contributed by atoms with Gasteiger partial charge in [-0.25, -0.2) is 0 Å². The van der Waals surface area contributed by atoms with Gasteiger partial charge in [0.15, 0.2) is 0 Å². The van der Waals surface area contributed by atoms with Gasteiger partial charge in [-0.05, 0) is 48.5 Å². The molecule has 0 fully saturated rings. The average Bonchev–Trinajstić information content (AvgIpc) is 2.40. The molecule has 0 aromatic heterocycles. The van der Waals surface area contributed by atoms with E-state index in [1.165, 1.54) is 15.4 Å². The molecule has 0 aliphatic carbocycles. The Morgan fingerprint density at radius 3 is 2.58 bits per heavy atom. The summed E-state index contributed by atoms with van der Waals surface area (Å²) in [7, 11) is 0. The Kier molecular flexibility index (Phi) is 5.76. The van der Waals surface area contributed by atoms with Crippen LogP contribution in [0.5, 0.6) is 0 Å². The molecule has 2 rings (SSSR count). The van der Waals surface area contributed by atoms with E-state index in [1.807, 2.05) is 12.1 Å². The van der Waals surface area contributed by atoms with Gasteiger partial charge in [-0.2, -0.15) is 0 Å². The van der Waals surface area contributed by atoms with Crippen LogP contribution in [0, 0.1) is 0 Å². The van der Waals surface area contributed by atoms with Gasteiger partial charge < -0.3 is 5.32 Å². The molecule has 2 aromatic carbocycles. The first-order valence-corrected chi connectivity index (χ1v) is 8.10. The normalized spacial score (nSPS) is 10.7. The maximum atomic E-state index is 6.10. The van der Waals surface area contributed by atoms with Crippen LogP contribution in [0.1, 0.15) is 12.5 Å². The zero-order valence-corrected chi connectivity index (χ0v) is 13.8. The van der Waals surface area contributed by atoms with Crippen LogP contribution < -0.4 is 5.32 Å². The van der Waals surface area contributed by atoms with E-state index in [9.17, 15) is 0 Å². The minimum atomic E-state index is 0.778. The molecule has 0 aliphatic heterocycles. The minimum absolute atomic E-state index is 0.778. The molecule has 0 heterocycles. The maximum absolute atomic E-state index is 6.10. The van der Waals surface area contributed by atoms with Crippen LogP contribution in [-0.4, -0.2) is 6.54 Å². The van der Waals surface area contributed by atoms with Crippen LogP contribution in [0.4, 0.5) is 0 Å². The Labute approximate surface area is 131 Å². The molecule has 100 valence electrons. The van der Waals surface area contributed by atoms with Gasteiger partial charge in [0.25, 0.3) is 0 Å². The monoisotopic (exact) mass is 355 g/mol. The highest BCUT2D eigenvalue weighted by molar-refractivity contribution is 9.10. The topological polar surface area (TPSA) is 12.0 Å².